The van der Waals surface area contributed by atoms with E-state index in [4.69, 9.17) is 0 Å². The largest absolute Gasteiger partial charge is 0.354 e. The van der Waals surface area contributed by atoms with Gasteiger partial charge in [0.2, 0.25) is 0 Å². The van der Waals surface area contributed by atoms with Gasteiger partial charge in [-0.25, -0.2) is 4.98 Å². The normalized spacial score (nSPS) is 14.5. The Morgan fingerprint density at radius 2 is 2.37 bits per heavy atom. The summed E-state index contributed by atoms with van der Waals surface area (Å²) in [6.07, 6.45) is 3.00. The highest BCUT2D eigenvalue weighted by atomic mass is 79.9. The average Bonchev–Trinajstić information content (AvgIpc) is 3.04. The molecule has 2 aromatic rings. The van der Waals surface area contributed by atoms with Crippen LogP contribution in [0.2, 0.25) is 0 Å². The molecule has 3 rings (SSSR count). The molecule has 0 bridgehead atoms. The van der Waals surface area contributed by atoms with E-state index in [2.05, 4.69) is 60.2 Å². The molecule has 0 aliphatic carbocycles. The first-order chi connectivity index (χ1) is 9.29. The van der Waals surface area contributed by atoms with Crippen molar-refractivity contribution in [2.45, 2.75) is 19.9 Å². The number of fused-ring (bicyclic) bond motifs is 1. The van der Waals surface area contributed by atoms with Gasteiger partial charge in [-0.1, -0.05) is 6.92 Å². The molecule has 1 aliphatic heterocycles. The van der Waals surface area contributed by atoms with Crippen LogP contribution in [0.4, 0.5) is 5.69 Å². The number of anilines is 1. The minimum atomic E-state index is 0.827. The molecular weight excluding hydrogens is 306 g/mol. The van der Waals surface area contributed by atoms with Crippen LogP contribution < -0.4 is 10.6 Å². The molecule has 5 nitrogen and oxygen atoms in total. The highest BCUT2D eigenvalue weighted by Gasteiger charge is 2.12. The van der Waals surface area contributed by atoms with Crippen molar-refractivity contribution in [3.63, 3.8) is 0 Å². The molecule has 0 spiro atoms. The standard InChI is InChI=1S/C13H16BrN5/c1-2-7-19-8-17-12-10(19)4-3-9(11(12)14)18-13-15-5-6-16-13/h3-4,8H,2,5-7H2,1H3,(H2,15,16,18). The van der Waals surface area contributed by atoms with Gasteiger partial charge >= 0.3 is 0 Å². The molecule has 1 aromatic heterocycles. The fourth-order valence-electron chi connectivity index (χ4n) is 2.22. The maximum absolute atomic E-state index is 4.49. The summed E-state index contributed by atoms with van der Waals surface area (Å²) in [7, 11) is 0. The van der Waals surface area contributed by atoms with Gasteiger partial charge in [0.15, 0.2) is 5.96 Å². The molecule has 0 saturated heterocycles. The number of hydrogen-bond acceptors (Lipinski definition) is 4. The quantitative estimate of drug-likeness (QED) is 0.913. The molecule has 1 aromatic carbocycles. The number of nitrogens with zero attached hydrogens (tertiary/aromatic N) is 3. The van der Waals surface area contributed by atoms with Crippen LogP contribution in [0.1, 0.15) is 13.3 Å². The van der Waals surface area contributed by atoms with Gasteiger partial charge in [-0.3, -0.25) is 4.99 Å². The third-order valence-electron chi connectivity index (χ3n) is 3.12. The van der Waals surface area contributed by atoms with Gasteiger partial charge in [-0.2, -0.15) is 0 Å². The molecule has 0 unspecified atom stereocenters. The summed E-state index contributed by atoms with van der Waals surface area (Å²) in [6.45, 7) is 4.88. The lowest BCUT2D eigenvalue weighted by Gasteiger charge is -2.09. The van der Waals surface area contributed by atoms with Gasteiger partial charge in [0.05, 0.1) is 28.5 Å². The molecular formula is C13H16BrN5. The van der Waals surface area contributed by atoms with Crippen molar-refractivity contribution in [1.82, 2.24) is 14.9 Å². The van der Waals surface area contributed by atoms with Crippen molar-refractivity contribution >= 4 is 38.6 Å². The predicted molar refractivity (Wildman–Crippen MR) is 81.7 cm³/mol. The van der Waals surface area contributed by atoms with Crippen LogP contribution in [0, 0.1) is 0 Å². The lowest BCUT2D eigenvalue weighted by Crippen LogP contribution is -2.26. The van der Waals surface area contributed by atoms with Crippen molar-refractivity contribution < 1.29 is 0 Å². The van der Waals surface area contributed by atoms with Crippen molar-refractivity contribution in [3.8, 4) is 0 Å². The Morgan fingerprint density at radius 3 is 3.11 bits per heavy atom. The van der Waals surface area contributed by atoms with Crippen LogP contribution in [0.5, 0.6) is 0 Å². The van der Waals surface area contributed by atoms with Gasteiger partial charge in [0.1, 0.15) is 5.52 Å². The van der Waals surface area contributed by atoms with Crippen LogP contribution in [0.3, 0.4) is 0 Å². The van der Waals surface area contributed by atoms with Gasteiger partial charge < -0.3 is 15.2 Å². The zero-order valence-corrected chi connectivity index (χ0v) is 12.4. The number of guanidine groups is 1. The third kappa shape index (κ3) is 2.32. The maximum Gasteiger partial charge on any atom is 0.195 e. The second-order valence-electron chi connectivity index (χ2n) is 4.51. The number of halogens is 1. The van der Waals surface area contributed by atoms with Crippen molar-refractivity contribution in [1.29, 1.82) is 0 Å². The molecule has 6 heteroatoms. The van der Waals surface area contributed by atoms with Crippen LogP contribution in [0.15, 0.2) is 27.9 Å². The van der Waals surface area contributed by atoms with Crippen LogP contribution >= 0.6 is 15.9 Å². The van der Waals surface area contributed by atoms with Crippen LogP contribution in [-0.4, -0.2) is 28.6 Å². The zero-order chi connectivity index (χ0) is 13.2. The Balaban J connectivity index is 1.96. The van der Waals surface area contributed by atoms with E-state index < -0.39 is 0 Å². The molecule has 2 N–H and O–H groups in total. The molecule has 0 atom stereocenters. The first-order valence-corrected chi connectivity index (χ1v) is 7.27. The molecule has 19 heavy (non-hydrogen) atoms. The van der Waals surface area contributed by atoms with Gasteiger partial charge in [-0.05, 0) is 34.5 Å². The summed E-state index contributed by atoms with van der Waals surface area (Å²) < 4.78 is 3.16. The van der Waals surface area contributed by atoms with E-state index in [1.807, 2.05) is 6.33 Å². The summed E-state index contributed by atoms with van der Waals surface area (Å²) >= 11 is 3.63. The highest BCUT2D eigenvalue weighted by molar-refractivity contribution is 9.10. The summed E-state index contributed by atoms with van der Waals surface area (Å²) in [4.78, 5) is 8.82. The monoisotopic (exact) mass is 321 g/mol. The minimum absolute atomic E-state index is 0.827. The SMILES string of the molecule is CCCn1cnc2c(Br)c(NC3=NCCN3)ccc21. The lowest BCUT2D eigenvalue weighted by molar-refractivity contribution is 0.697. The van der Waals surface area contributed by atoms with E-state index in [0.29, 0.717) is 0 Å². The number of aryl methyl sites for hydroxylation is 1. The van der Waals surface area contributed by atoms with Crippen LogP contribution in [-0.2, 0) is 6.54 Å². The number of aromatic nitrogens is 2. The van der Waals surface area contributed by atoms with E-state index in [9.17, 15) is 0 Å². The Bertz CT molecular complexity index is 631. The summed E-state index contributed by atoms with van der Waals surface area (Å²) in [5.41, 5.74) is 3.13. The molecule has 2 heterocycles. The van der Waals surface area contributed by atoms with Gasteiger partial charge in [-0.15, -0.1) is 0 Å². The van der Waals surface area contributed by atoms with Crippen LogP contribution in [0.25, 0.3) is 11.0 Å². The fraction of sp³-hybridized carbons (Fsp3) is 0.385. The second-order valence-corrected chi connectivity index (χ2v) is 5.31. The molecule has 100 valence electrons. The number of imidazole rings is 1. The summed E-state index contributed by atoms with van der Waals surface area (Å²) in [6, 6.07) is 4.16. The average molecular weight is 322 g/mol. The third-order valence-corrected chi connectivity index (χ3v) is 3.92. The number of benzene rings is 1. The fourth-order valence-corrected chi connectivity index (χ4v) is 2.76. The van der Waals surface area contributed by atoms with Crippen molar-refractivity contribution in [2.75, 3.05) is 18.4 Å². The molecule has 0 radical (unpaired) electrons. The number of hydrogen-bond donors (Lipinski definition) is 2. The van der Waals surface area contributed by atoms with Crippen molar-refractivity contribution in [2.24, 2.45) is 4.99 Å². The topological polar surface area (TPSA) is 54.2 Å². The zero-order valence-electron chi connectivity index (χ0n) is 10.8. The first kappa shape index (κ1) is 12.5. The van der Waals surface area contributed by atoms with E-state index in [1.165, 1.54) is 0 Å². The molecule has 0 fully saturated rings. The molecule has 0 amide bonds. The van der Waals surface area contributed by atoms with Gasteiger partial charge in [0.25, 0.3) is 0 Å². The maximum atomic E-state index is 4.49. The summed E-state index contributed by atoms with van der Waals surface area (Å²) in [5, 5.41) is 6.48. The molecule has 1 aliphatic rings. The van der Waals surface area contributed by atoms with E-state index in [0.717, 1.165) is 53.2 Å². The Morgan fingerprint density at radius 1 is 1.47 bits per heavy atom. The number of rotatable bonds is 3. The van der Waals surface area contributed by atoms with Gasteiger partial charge in [0, 0.05) is 13.1 Å². The summed E-state index contributed by atoms with van der Waals surface area (Å²) in [5.74, 6) is 0.827. The van der Waals surface area contributed by atoms with E-state index >= 15 is 0 Å². The smallest absolute Gasteiger partial charge is 0.195 e. The van der Waals surface area contributed by atoms with Crippen molar-refractivity contribution in [3.05, 3.63) is 22.9 Å². The highest BCUT2D eigenvalue weighted by Crippen LogP contribution is 2.30. The van der Waals surface area contributed by atoms with E-state index in [-0.39, 0.29) is 0 Å². The Kier molecular flexibility index (Phi) is 3.42. The minimum Gasteiger partial charge on any atom is -0.354 e. The first-order valence-electron chi connectivity index (χ1n) is 6.48. The number of nitrogens with one attached hydrogen (secondary N) is 2. The predicted octanol–water partition coefficient (Wildman–Crippen LogP) is 2.58. The second kappa shape index (κ2) is 5.21. The Labute approximate surface area is 120 Å². The van der Waals surface area contributed by atoms with E-state index in [1.54, 1.807) is 0 Å². The number of aliphatic imine (C=N–C) groups is 1. The Hall–Kier alpha value is -1.56. The molecule has 0 saturated carbocycles. The lowest BCUT2D eigenvalue weighted by atomic mass is 10.2.